The van der Waals surface area contributed by atoms with Crippen molar-refractivity contribution in [3.8, 4) is 0 Å². The van der Waals surface area contributed by atoms with Crippen molar-refractivity contribution < 1.29 is 14.3 Å². The number of thiocarbonyl (C=S) groups is 1. The molecule has 4 N–H and O–H groups in total. The summed E-state index contributed by atoms with van der Waals surface area (Å²) in [5, 5.41) is 11.7. The normalized spacial score (nSPS) is 21.9. The highest BCUT2D eigenvalue weighted by atomic mass is 35.5. The Kier molecular flexibility index (Phi) is 18.0. The summed E-state index contributed by atoms with van der Waals surface area (Å²) in [5.41, 5.74) is 8.23. The number of halogens is 3. The number of hydrogen-bond donors (Lipinski definition) is 3. The maximum Gasteiger partial charge on any atom is 0.182 e. The average Bonchev–Trinajstić information content (AvgIpc) is 3.98. The van der Waals surface area contributed by atoms with Crippen LogP contribution in [0, 0.1) is 0 Å². The number of carbonyl (C=O) groups excluding carboxylic acids is 1. The van der Waals surface area contributed by atoms with E-state index >= 15 is 0 Å². The molecule has 308 valence electrons. The molecule has 7 rings (SSSR count). The molecule has 2 atom stereocenters. The molecule has 2 aromatic carbocycles. The van der Waals surface area contributed by atoms with Gasteiger partial charge >= 0.3 is 0 Å². The first kappa shape index (κ1) is 45.0. The van der Waals surface area contributed by atoms with Crippen molar-refractivity contribution in [1.82, 2.24) is 20.1 Å². The lowest BCUT2D eigenvalue weighted by molar-refractivity contribution is -0.125. The van der Waals surface area contributed by atoms with Gasteiger partial charge in [0.1, 0.15) is 0 Å². The quantitative estimate of drug-likeness (QED) is 0.122. The number of hydrogen-bond acceptors (Lipinski definition) is 9. The van der Waals surface area contributed by atoms with Gasteiger partial charge in [0.25, 0.3) is 0 Å². The Labute approximate surface area is 358 Å². The summed E-state index contributed by atoms with van der Waals surface area (Å²) in [7, 11) is 4.42. The molecule has 0 aliphatic carbocycles. The minimum Gasteiger partial charge on any atom is -0.381 e. The van der Waals surface area contributed by atoms with Crippen LogP contribution in [0.4, 0.5) is 5.13 Å². The monoisotopic (exact) mass is 864 g/mol. The highest BCUT2D eigenvalue weighted by molar-refractivity contribution is 7.80. The zero-order valence-corrected chi connectivity index (χ0v) is 36.8. The Morgan fingerprint density at radius 3 is 1.88 bits per heavy atom. The molecular weight excluding hydrogens is 807 g/mol. The number of ether oxygens (including phenoxy) is 2. The molecule has 0 radical (unpaired) electrons. The van der Waals surface area contributed by atoms with E-state index in [0.717, 1.165) is 67.3 Å². The molecule has 5 heterocycles. The van der Waals surface area contributed by atoms with Gasteiger partial charge in [-0.2, -0.15) is 0 Å². The Hall–Kier alpha value is -2.06. The van der Waals surface area contributed by atoms with Gasteiger partial charge in [-0.15, -0.1) is 22.9 Å². The van der Waals surface area contributed by atoms with Gasteiger partial charge in [0, 0.05) is 72.4 Å². The molecule has 14 heteroatoms. The number of carbonyl (C=O) groups is 1. The van der Waals surface area contributed by atoms with Crippen LogP contribution in [0.1, 0.15) is 81.0 Å². The predicted octanol–water partition coefficient (Wildman–Crippen LogP) is 8.29. The Balaban J connectivity index is 0.000000177. The number of likely N-dealkylation sites (tertiary alicyclic amines) is 2. The fourth-order valence-electron chi connectivity index (χ4n) is 8.50. The number of ketones is 1. The number of nitrogens with two attached hydrogens (primary N) is 1. The highest BCUT2D eigenvalue weighted by Gasteiger charge is 2.41. The van der Waals surface area contributed by atoms with Crippen LogP contribution in [0.25, 0.3) is 0 Å². The van der Waals surface area contributed by atoms with E-state index in [1.54, 1.807) is 11.3 Å². The maximum atomic E-state index is 12.2. The van der Waals surface area contributed by atoms with Gasteiger partial charge in [-0.1, -0.05) is 47.5 Å². The van der Waals surface area contributed by atoms with Gasteiger partial charge in [-0.05, 0) is 139 Å². The first-order valence-corrected chi connectivity index (χ1v) is 22.5. The van der Waals surface area contributed by atoms with E-state index in [4.69, 9.17) is 67.2 Å². The lowest BCUT2D eigenvalue weighted by atomic mass is 9.71. The second-order valence-electron chi connectivity index (χ2n) is 15.3. The van der Waals surface area contributed by atoms with Crippen LogP contribution in [0.3, 0.4) is 0 Å². The number of thiazole rings is 1. The molecule has 56 heavy (non-hydrogen) atoms. The number of benzene rings is 2. The van der Waals surface area contributed by atoms with Crippen molar-refractivity contribution in [2.75, 3.05) is 77.9 Å². The number of anilines is 1. The number of alkyl halides is 1. The molecule has 9 nitrogen and oxygen atoms in total. The number of rotatable bonds is 12. The van der Waals surface area contributed by atoms with Crippen LogP contribution in [-0.2, 0) is 25.1 Å². The Bertz CT molecular complexity index is 1650. The average molecular weight is 866 g/mol. The third-order valence-corrected chi connectivity index (χ3v) is 13.7. The molecule has 0 spiro atoms. The van der Waals surface area contributed by atoms with E-state index in [9.17, 15) is 4.79 Å². The van der Waals surface area contributed by atoms with Crippen LogP contribution in [0.2, 0.25) is 10.0 Å². The molecule has 4 fully saturated rings. The lowest BCUT2D eigenvalue weighted by Crippen LogP contribution is -2.42. The fraction of sp³-hybridized carbons (Fsp3) is 0.595. The van der Waals surface area contributed by atoms with E-state index < -0.39 is 5.41 Å². The second-order valence-corrected chi connectivity index (χ2v) is 17.8. The highest BCUT2D eigenvalue weighted by Crippen LogP contribution is 2.42. The Morgan fingerprint density at radius 2 is 1.38 bits per heavy atom. The van der Waals surface area contributed by atoms with E-state index in [1.807, 2.05) is 36.4 Å². The summed E-state index contributed by atoms with van der Waals surface area (Å²) in [6.45, 7) is 7.11. The topological polar surface area (TPSA) is 105 Å². The van der Waals surface area contributed by atoms with Crippen molar-refractivity contribution in [1.29, 1.82) is 0 Å². The van der Waals surface area contributed by atoms with Gasteiger partial charge in [-0.25, -0.2) is 4.98 Å². The van der Waals surface area contributed by atoms with Crippen LogP contribution < -0.4 is 16.4 Å². The van der Waals surface area contributed by atoms with E-state index in [2.05, 4.69) is 52.0 Å². The smallest absolute Gasteiger partial charge is 0.182 e. The number of nitrogens with one attached hydrogen (secondary N) is 2. The Morgan fingerprint density at radius 1 is 0.857 bits per heavy atom. The van der Waals surface area contributed by atoms with E-state index in [-0.39, 0.29) is 17.1 Å². The third-order valence-electron chi connectivity index (χ3n) is 12.0. The molecule has 0 saturated carbocycles. The minimum absolute atomic E-state index is 0.0443. The van der Waals surface area contributed by atoms with Crippen molar-refractivity contribution in [2.45, 2.75) is 87.1 Å². The molecule has 3 aromatic rings. The maximum absolute atomic E-state index is 12.2. The van der Waals surface area contributed by atoms with Gasteiger partial charge in [-0.3, -0.25) is 4.79 Å². The zero-order valence-electron chi connectivity index (χ0n) is 32.9. The predicted molar refractivity (Wildman–Crippen MR) is 237 cm³/mol. The van der Waals surface area contributed by atoms with Crippen LogP contribution in [0.15, 0.2) is 53.9 Å². The van der Waals surface area contributed by atoms with Gasteiger partial charge in [0.15, 0.2) is 16.0 Å². The number of aromatic nitrogens is 1. The standard InChI is InChI=1S/C21H28ClN3OS.C13H14Cl2O2.C8H17N3S/c1-25-12-2-3-18(25)8-11-23-20-24-19(15-27-20)21(9-13-26-14-10-21)16-4-6-17(22)7-5-16;14-9-12(16)13(5-7-17-8-6-13)10-1-3-11(15)4-2-10;1-11-6-2-3-7(11)4-5-10-8(9)12/h4-7,15,18H,2-3,8-14H2,1H3,(H,23,24);1-4H,5-9H2;7H,2-6H2,1H3,(H3,9,10,12). The van der Waals surface area contributed by atoms with Crippen molar-refractivity contribution in [3.05, 3.63) is 80.8 Å². The molecule has 1 aromatic heterocycles. The van der Waals surface area contributed by atoms with E-state index in [0.29, 0.717) is 42.2 Å². The van der Waals surface area contributed by atoms with Crippen molar-refractivity contribution in [2.24, 2.45) is 5.73 Å². The molecule has 2 unspecified atom stereocenters. The zero-order chi connectivity index (χ0) is 40.0. The first-order chi connectivity index (χ1) is 27.1. The lowest BCUT2D eigenvalue weighted by Gasteiger charge is -2.36. The summed E-state index contributed by atoms with van der Waals surface area (Å²) in [6, 6.07) is 17.2. The fourth-order valence-corrected chi connectivity index (χ4v) is 9.94. The SMILES string of the molecule is CN1CCCC1CCNC(N)=S.CN1CCCC1CCNc1nc(C2(c3ccc(Cl)cc3)CCOCC2)cs1.O=C(CCl)C1(c2ccc(Cl)cc2)CCOCC1. The van der Waals surface area contributed by atoms with Gasteiger partial charge in [0.05, 0.1) is 17.0 Å². The van der Waals surface area contributed by atoms with Crippen molar-refractivity contribution >= 4 is 74.4 Å². The van der Waals surface area contributed by atoms with Gasteiger partial charge in [0.2, 0.25) is 0 Å². The minimum atomic E-state index is -0.482. The van der Waals surface area contributed by atoms with Crippen LogP contribution in [0.5, 0.6) is 0 Å². The number of nitrogens with zero attached hydrogens (tertiary/aromatic N) is 3. The van der Waals surface area contributed by atoms with E-state index in [1.165, 1.54) is 56.5 Å². The molecular formula is C42H59Cl3N6O3S2. The summed E-state index contributed by atoms with van der Waals surface area (Å²) >= 11 is 24.2. The molecule has 0 bridgehead atoms. The summed E-state index contributed by atoms with van der Waals surface area (Å²) < 4.78 is 11.0. The van der Waals surface area contributed by atoms with Crippen LogP contribution >= 0.6 is 58.4 Å². The summed E-state index contributed by atoms with van der Waals surface area (Å²) in [5.74, 6) is 0.118. The second kappa shape index (κ2) is 22.3. The molecule has 4 saturated heterocycles. The number of Topliss-reactive ketones (excluding diaryl/α,β-unsaturated/α-hetero) is 1. The van der Waals surface area contributed by atoms with Crippen molar-refractivity contribution in [3.63, 3.8) is 0 Å². The first-order valence-electron chi connectivity index (χ1n) is 20.0. The van der Waals surface area contributed by atoms with Crippen LogP contribution in [-0.4, -0.2) is 110 Å². The molecule has 4 aliphatic rings. The largest absolute Gasteiger partial charge is 0.381 e. The molecule has 0 amide bonds. The molecule has 4 aliphatic heterocycles. The summed E-state index contributed by atoms with van der Waals surface area (Å²) in [4.78, 5) is 22.0. The van der Waals surface area contributed by atoms with Gasteiger partial charge < -0.3 is 35.6 Å². The third kappa shape index (κ3) is 12.2. The summed E-state index contributed by atoms with van der Waals surface area (Å²) in [6.07, 6.45) is 10.9.